The van der Waals surface area contributed by atoms with Gasteiger partial charge in [0.15, 0.2) is 0 Å². The van der Waals surface area contributed by atoms with Crippen molar-refractivity contribution in [2.75, 3.05) is 24.7 Å². The van der Waals surface area contributed by atoms with Crippen molar-refractivity contribution in [3.05, 3.63) is 120 Å². The lowest BCUT2D eigenvalue weighted by Gasteiger charge is -2.17. The van der Waals surface area contributed by atoms with E-state index in [2.05, 4.69) is 10.6 Å². The minimum atomic E-state index is -3.71. The molecule has 4 aromatic rings. The molecule has 0 radical (unpaired) electrons. The first-order valence-corrected chi connectivity index (χ1v) is 17.1. The first-order chi connectivity index (χ1) is 21.4. The van der Waals surface area contributed by atoms with Gasteiger partial charge in [0.1, 0.15) is 0 Å². The summed E-state index contributed by atoms with van der Waals surface area (Å²) in [5.74, 6) is -0.623. The lowest BCUT2D eigenvalue weighted by Crippen LogP contribution is -2.26. The summed E-state index contributed by atoms with van der Waals surface area (Å²) in [6.45, 7) is 0.463. The molecule has 0 heterocycles. The fourth-order valence-corrected chi connectivity index (χ4v) is 6.81. The van der Waals surface area contributed by atoms with E-state index in [-0.39, 0.29) is 54.0 Å². The van der Waals surface area contributed by atoms with Crippen LogP contribution in [0.4, 0.5) is 11.4 Å². The largest absolute Gasteiger partial charge is 0.326 e. The summed E-state index contributed by atoms with van der Waals surface area (Å²) in [7, 11) is -4.40. The number of anilines is 2. The maximum atomic E-state index is 12.9. The number of hydrogen-bond donors (Lipinski definition) is 2. The highest BCUT2D eigenvalue weighted by Gasteiger charge is 2.22. The number of carbonyl (C=O) groups excluding carboxylic acids is 2. The number of benzene rings is 4. The van der Waals surface area contributed by atoms with E-state index in [1.54, 1.807) is 0 Å². The zero-order chi connectivity index (χ0) is 32.5. The maximum absolute atomic E-state index is 12.9. The third-order valence-electron chi connectivity index (χ3n) is 7.00. The number of nitrogens with zero attached hydrogens (tertiary/aromatic N) is 2. The molecule has 12 heteroatoms. The van der Waals surface area contributed by atoms with E-state index in [1.165, 1.54) is 71.2 Å². The van der Waals surface area contributed by atoms with Crippen LogP contribution in [0.15, 0.2) is 119 Å². The number of nitrogens with one attached hydrogen (secondary N) is 2. The van der Waals surface area contributed by atoms with E-state index < -0.39 is 20.0 Å². The number of rotatable bonds is 14. The fourth-order valence-electron chi connectivity index (χ4n) is 4.49. The predicted molar refractivity (Wildman–Crippen MR) is 174 cm³/mol. The highest BCUT2D eigenvalue weighted by molar-refractivity contribution is 7.89. The van der Waals surface area contributed by atoms with E-state index >= 15 is 0 Å². The van der Waals surface area contributed by atoms with Gasteiger partial charge in [0.2, 0.25) is 31.9 Å². The van der Waals surface area contributed by atoms with Crippen LogP contribution in [0.3, 0.4) is 0 Å². The monoisotopic (exact) mass is 648 g/mol. The van der Waals surface area contributed by atoms with Gasteiger partial charge in [0.05, 0.1) is 9.79 Å². The minimum Gasteiger partial charge on any atom is -0.326 e. The van der Waals surface area contributed by atoms with Gasteiger partial charge < -0.3 is 10.6 Å². The van der Waals surface area contributed by atoms with Crippen LogP contribution in [0.5, 0.6) is 0 Å². The van der Waals surface area contributed by atoms with Crippen molar-refractivity contribution in [1.29, 1.82) is 0 Å². The topological polar surface area (TPSA) is 133 Å². The second kappa shape index (κ2) is 15.1. The van der Waals surface area contributed by atoms with Gasteiger partial charge in [-0.3, -0.25) is 9.59 Å². The Hall–Kier alpha value is -4.36. The number of sulfonamides is 2. The van der Waals surface area contributed by atoms with Gasteiger partial charge in [-0.1, -0.05) is 60.7 Å². The second-order valence-corrected chi connectivity index (χ2v) is 14.6. The summed E-state index contributed by atoms with van der Waals surface area (Å²) in [5.41, 5.74) is 2.62. The van der Waals surface area contributed by atoms with Gasteiger partial charge in [-0.15, -0.1) is 0 Å². The Morgan fingerprint density at radius 3 is 1.20 bits per heavy atom. The molecular formula is C33H36N4O6S2. The molecule has 45 heavy (non-hydrogen) atoms. The van der Waals surface area contributed by atoms with Gasteiger partial charge in [-0.05, 0) is 66.1 Å². The molecule has 4 aromatic carbocycles. The zero-order valence-electron chi connectivity index (χ0n) is 25.1. The highest BCUT2D eigenvalue weighted by atomic mass is 32.2. The van der Waals surface area contributed by atoms with Gasteiger partial charge in [0, 0.05) is 51.4 Å². The molecule has 0 aromatic heterocycles. The van der Waals surface area contributed by atoms with Crippen molar-refractivity contribution >= 4 is 43.2 Å². The van der Waals surface area contributed by atoms with Gasteiger partial charge in [-0.2, -0.15) is 8.61 Å². The van der Waals surface area contributed by atoms with E-state index in [9.17, 15) is 26.4 Å². The Morgan fingerprint density at radius 2 is 0.867 bits per heavy atom. The molecule has 0 aliphatic heterocycles. The molecule has 2 amide bonds. The van der Waals surface area contributed by atoms with Crippen LogP contribution in [0, 0.1) is 0 Å². The number of carbonyl (C=O) groups is 2. The van der Waals surface area contributed by atoms with E-state index in [0.29, 0.717) is 11.4 Å². The Labute approximate surface area is 264 Å². The normalized spacial score (nSPS) is 11.8. The SMILES string of the molecule is CN(Cc1ccccc1)S(=O)(=O)c1ccc(NC(=O)CCCC(=O)Nc2ccc(S(=O)(=O)N(C)Cc3ccccc3)cc2)cc1. The van der Waals surface area contributed by atoms with Crippen LogP contribution < -0.4 is 10.6 Å². The molecule has 0 saturated heterocycles. The maximum Gasteiger partial charge on any atom is 0.243 e. The molecule has 0 spiro atoms. The first kappa shape index (κ1) is 33.5. The second-order valence-electron chi connectivity index (χ2n) is 10.5. The first-order valence-electron chi connectivity index (χ1n) is 14.3. The Balaban J connectivity index is 1.21. The molecule has 0 aliphatic carbocycles. The van der Waals surface area contributed by atoms with Gasteiger partial charge >= 0.3 is 0 Å². The van der Waals surface area contributed by atoms with Gasteiger partial charge in [-0.25, -0.2) is 16.8 Å². The third-order valence-corrected chi connectivity index (χ3v) is 10.6. The smallest absolute Gasteiger partial charge is 0.243 e. The Morgan fingerprint density at radius 1 is 0.533 bits per heavy atom. The summed E-state index contributed by atoms with van der Waals surface area (Å²) in [6, 6.07) is 30.4. The fraction of sp³-hybridized carbons (Fsp3) is 0.212. The Kier molecular flexibility index (Phi) is 11.2. The molecule has 2 N–H and O–H groups in total. The molecule has 236 valence electrons. The average Bonchev–Trinajstić information content (AvgIpc) is 3.02. The molecule has 0 atom stereocenters. The summed E-state index contributed by atoms with van der Waals surface area (Å²) in [6.07, 6.45) is 0.446. The van der Waals surface area contributed by atoms with Crippen LogP contribution in [-0.2, 0) is 42.7 Å². The van der Waals surface area contributed by atoms with Crippen LogP contribution in [0.2, 0.25) is 0 Å². The summed E-state index contributed by atoms with van der Waals surface area (Å²) in [5, 5.41) is 5.44. The average molecular weight is 649 g/mol. The van der Waals surface area contributed by atoms with Crippen LogP contribution in [-0.4, -0.2) is 51.4 Å². The molecule has 0 saturated carbocycles. The van der Waals surface area contributed by atoms with Crippen molar-refractivity contribution in [2.24, 2.45) is 0 Å². The number of hydrogen-bond acceptors (Lipinski definition) is 6. The standard InChI is InChI=1S/C33H36N4O6S2/c1-36(24-26-10-5-3-6-11-26)44(40,41)30-20-16-28(17-21-30)34-32(38)14-9-15-33(39)35-29-18-22-31(23-19-29)45(42,43)37(2)25-27-12-7-4-8-13-27/h3-8,10-13,16-23H,9,14-15,24-25H2,1-2H3,(H,34,38)(H,35,39). The summed E-state index contributed by atoms with van der Waals surface area (Å²) in [4.78, 5) is 25.1. The summed E-state index contributed by atoms with van der Waals surface area (Å²) >= 11 is 0. The quantitative estimate of drug-likeness (QED) is 0.196. The third kappa shape index (κ3) is 9.32. The highest BCUT2D eigenvalue weighted by Crippen LogP contribution is 2.21. The minimum absolute atomic E-state index is 0.0816. The van der Waals surface area contributed by atoms with E-state index in [0.717, 1.165) is 11.1 Å². The molecule has 0 unspecified atom stereocenters. The van der Waals surface area contributed by atoms with Crippen LogP contribution >= 0.6 is 0 Å². The molecule has 10 nitrogen and oxygen atoms in total. The molecule has 0 bridgehead atoms. The summed E-state index contributed by atoms with van der Waals surface area (Å²) < 4.78 is 54.2. The van der Waals surface area contributed by atoms with E-state index in [4.69, 9.17) is 0 Å². The lowest BCUT2D eigenvalue weighted by molar-refractivity contribution is -0.117. The molecular weight excluding hydrogens is 613 g/mol. The molecule has 0 aliphatic rings. The molecule has 4 rings (SSSR count). The zero-order valence-corrected chi connectivity index (χ0v) is 26.7. The van der Waals surface area contributed by atoms with Crippen molar-refractivity contribution in [3.8, 4) is 0 Å². The number of amides is 2. The Bertz CT molecular complexity index is 1660. The van der Waals surface area contributed by atoms with Crippen LogP contribution in [0.25, 0.3) is 0 Å². The molecule has 0 fully saturated rings. The lowest BCUT2D eigenvalue weighted by atomic mass is 10.2. The predicted octanol–water partition coefficient (Wildman–Crippen LogP) is 5.08. The van der Waals surface area contributed by atoms with Crippen molar-refractivity contribution < 1.29 is 26.4 Å². The van der Waals surface area contributed by atoms with Crippen LogP contribution in [0.1, 0.15) is 30.4 Å². The van der Waals surface area contributed by atoms with E-state index in [1.807, 2.05) is 60.7 Å². The van der Waals surface area contributed by atoms with Crippen molar-refractivity contribution in [2.45, 2.75) is 42.1 Å². The van der Waals surface area contributed by atoms with Crippen molar-refractivity contribution in [3.63, 3.8) is 0 Å². The van der Waals surface area contributed by atoms with Crippen molar-refractivity contribution in [1.82, 2.24) is 8.61 Å². The van der Waals surface area contributed by atoms with Gasteiger partial charge in [0.25, 0.3) is 0 Å².